The first-order valence-electron chi connectivity index (χ1n) is 9.67. The molecule has 1 atom stereocenters. The summed E-state index contributed by atoms with van der Waals surface area (Å²) in [6.07, 6.45) is 4.05. The van der Waals surface area contributed by atoms with E-state index in [0.717, 1.165) is 42.6 Å². The minimum Gasteiger partial charge on any atom is -0.496 e. The van der Waals surface area contributed by atoms with Crippen LogP contribution in [0.25, 0.3) is 11.2 Å². The van der Waals surface area contributed by atoms with Gasteiger partial charge in [-0.15, -0.1) is 0 Å². The van der Waals surface area contributed by atoms with Crippen molar-refractivity contribution in [3.63, 3.8) is 0 Å². The van der Waals surface area contributed by atoms with Crippen LogP contribution in [-0.2, 0) is 11.2 Å². The number of piperidine rings is 1. The van der Waals surface area contributed by atoms with Gasteiger partial charge in [0.2, 0.25) is 11.2 Å². The summed E-state index contributed by atoms with van der Waals surface area (Å²) >= 11 is 6.06. The molecule has 0 bridgehead atoms. The van der Waals surface area contributed by atoms with E-state index in [4.69, 9.17) is 16.3 Å². The molecule has 1 saturated heterocycles. The Morgan fingerprint density at radius 2 is 2.24 bits per heavy atom. The quantitative estimate of drug-likeness (QED) is 0.602. The van der Waals surface area contributed by atoms with E-state index >= 15 is 0 Å². The summed E-state index contributed by atoms with van der Waals surface area (Å²) in [4.78, 5) is 30.6. The zero-order valence-corrected chi connectivity index (χ0v) is 16.9. The van der Waals surface area contributed by atoms with E-state index in [1.807, 2.05) is 24.3 Å². The summed E-state index contributed by atoms with van der Waals surface area (Å²) in [7, 11) is 1.66. The van der Waals surface area contributed by atoms with Crippen LogP contribution in [0.1, 0.15) is 18.4 Å². The molecule has 2 aromatic heterocycles. The van der Waals surface area contributed by atoms with Gasteiger partial charge < -0.3 is 19.9 Å². The first kappa shape index (κ1) is 19.4. The number of anilines is 1. The van der Waals surface area contributed by atoms with Crippen LogP contribution in [0, 0.1) is 5.92 Å². The van der Waals surface area contributed by atoms with E-state index in [1.54, 1.807) is 13.4 Å². The molecule has 9 heteroatoms. The maximum Gasteiger partial charge on any atom is 0.226 e. The van der Waals surface area contributed by atoms with E-state index in [9.17, 15) is 4.79 Å². The lowest BCUT2D eigenvalue weighted by molar-refractivity contribution is -0.125. The van der Waals surface area contributed by atoms with Gasteiger partial charge in [-0.25, -0.2) is 4.98 Å². The van der Waals surface area contributed by atoms with Crippen molar-refractivity contribution < 1.29 is 9.53 Å². The van der Waals surface area contributed by atoms with Gasteiger partial charge in [0, 0.05) is 19.6 Å². The highest BCUT2D eigenvalue weighted by atomic mass is 35.5. The van der Waals surface area contributed by atoms with E-state index in [2.05, 4.69) is 30.2 Å². The van der Waals surface area contributed by atoms with Crippen LogP contribution in [0.4, 0.5) is 5.82 Å². The van der Waals surface area contributed by atoms with Crippen molar-refractivity contribution >= 4 is 34.5 Å². The topological polar surface area (TPSA) is 96.0 Å². The summed E-state index contributed by atoms with van der Waals surface area (Å²) in [6, 6.07) is 7.86. The third-order valence-electron chi connectivity index (χ3n) is 5.22. The number of hydrogen-bond acceptors (Lipinski definition) is 6. The molecule has 0 unspecified atom stereocenters. The average Bonchev–Trinajstić information content (AvgIpc) is 3.22. The van der Waals surface area contributed by atoms with Crippen molar-refractivity contribution in [1.29, 1.82) is 0 Å². The number of ether oxygens (including phenoxy) is 1. The molecule has 1 aliphatic rings. The number of imidazole rings is 1. The van der Waals surface area contributed by atoms with Crippen molar-refractivity contribution in [2.45, 2.75) is 19.3 Å². The number of nitrogens with one attached hydrogen (secondary N) is 2. The Kier molecular flexibility index (Phi) is 5.80. The van der Waals surface area contributed by atoms with Crippen LogP contribution in [0.3, 0.4) is 0 Å². The number of para-hydroxylation sites is 1. The highest BCUT2D eigenvalue weighted by molar-refractivity contribution is 6.28. The number of aromatic amines is 1. The van der Waals surface area contributed by atoms with Crippen molar-refractivity contribution in [3.05, 3.63) is 41.4 Å². The molecule has 1 fully saturated rings. The molecule has 0 radical (unpaired) electrons. The Bertz CT molecular complexity index is 1010. The van der Waals surface area contributed by atoms with Crippen molar-refractivity contribution in [1.82, 2.24) is 25.3 Å². The Balaban J connectivity index is 1.39. The minimum absolute atomic E-state index is 0.0607. The number of amides is 1. The molecule has 1 aliphatic heterocycles. The lowest BCUT2D eigenvalue weighted by Crippen LogP contribution is -2.44. The maximum absolute atomic E-state index is 12.8. The fraction of sp³-hybridized carbons (Fsp3) is 0.400. The lowest BCUT2D eigenvalue weighted by Gasteiger charge is -2.33. The molecule has 1 amide bonds. The molecule has 29 heavy (non-hydrogen) atoms. The van der Waals surface area contributed by atoms with E-state index in [0.29, 0.717) is 24.6 Å². The molecule has 1 aromatic carbocycles. The Labute approximate surface area is 173 Å². The monoisotopic (exact) mass is 414 g/mol. The second-order valence-electron chi connectivity index (χ2n) is 7.06. The third-order valence-corrected chi connectivity index (χ3v) is 5.39. The Morgan fingerprint density at radius 1 is 1.38 bits per heavy atom. The molecule has 3 aromatic rings. The number of fused-ring (bicyclic) bond motifs is 1. The minimum atomic E-state index is -0.104. The van der Waals surface area contributed by atoms with Crippen LogP contribution in [0.15, 0.2) is 30.6 Å². The Morgan fingerprint density at radius 3 is 3.10 bits per heavy atom. The zero-order chi connectivity index (χ0) is 20.2. The van der Waals surface area contributed by atoms with Crippen LogP contribution in [0.5, 0.6) is 5.75 Å². The highest BCUT2D eigenvalue weighted by Gasteiger charge is 2.28. The normalized spacial score (nSPS) is 16.8. The summed E-state index contributed by atoms with van der Waals surface area (Å²) in [6.45, 7) is 1.97. The van der Waals surface area contributed by atoms with Gasteiger partial charge in [0.1, 0.15) is 11.3 Å². The van der Waals surface area contributed by atoms with Gasteiger partial charge in [-0.1, -0.05) is 18.2 Å². The van der Waals surface area contributed by atoms with Crippen LogP contribution >= 0.6 is 11.6 Å². The van der Waals surface area contributed by atoms with Crippen molar-refractivity contribution in [3.8, 4) is 5.75 Å². The van der Waals surface area contributed by atoms with Gasteiger partial charge in [0.15, 0.2) is 11.5 Å². The smallest absolute Gasteiger partial charge is 0.226 e. The number of rotatable bonds is 6. The number of carbonyl (C=O) groups excluding carboxylic acids is 1. The SMILES string of the molecule is COc1ccccc1CCNC(=O)[C@H]1CCCN(c2nc(Cl)nc3nc[nH]c23)C1. The molecule has 4 rings (SSSR count). The summed E-state index contributed by atoms with van der Waals surface area (Å²) < 4.78 is 5.37. The van der Waals surface area contributed by atoms with E-state index < -0.39 is 0 Å². The van der Waals surface area contributed by atoms with Gasteiger partial charge >= 0.3 is 0 Å². The van der Waals surface area contributed by atoms with Crippen LogP contribution in [0.2, 0.25) is 5.28 Å². The lowest BCUT2D eigenvalue weighted by atomic mass is 9.97. The van der Waals surface area contributed by atoms with Gasteiger partial charge in [0.05, 0.1) is 19.4 Å². The number of aromatic nitrogens is 4. The summed E-state index contributed by atoms with van der Waals surface area (Å²) in [5, 5.41) is 3.22. The standard InChI is InChI=1S/C20H23ClN6O2/c1-29-15-7-3-2-5-13(15)8-9-22-19(28)14-6-4-10-27(11-14)18-16-17(24-12-23-16)25-20(21)26-18/h2-3,5,7,12,14H,4,6,8-11H2,1H3,(H,22,28)(H,23,24,25,26)/t14-/m0/s1. The Hall–Kier alpha value is -2.87. The fourth-order valence-corrected chi connectivity index (χ4v) is 3.94. The first-order chi connectivity index (χ1) is 14.2. The zero-order valence-electron chi connectivity index (χ0n) is 16.2. The molecule has 8 nitrogen and oxygen atoms in total. The van der Waals surface area contributed by atoms with Gasteiger partial charge in [0.25, 0.3) is 0 Å². The molecule has 0 saturated carbocycles. The number of nitrogens with zero attached hydrogens (tertiary/aromatic N) is 4. The summed E-state index contributed by atoms with van der Waals surface area (Å²) in [5.74, 6) is 1.50. The second-order valence-corrected chi connectivity index (χ2v) is 7.39. The first-order valence-corrected chi connectivity index (χ1v) is 10.0. The molecule has 3 heterocycles. The van der Waals surface area contributed by atoms with Gasteiger partial charge in [-0.05, 0) is 42.5 Å². The summed E-state index contributed by atoms with van der Waals surface area (Å²) in [5.41, 5.74) is 2.35. The van der Waals surface area contributed by atoms with Crippen LogP contribution in [-0.4, -0.2) is 52.6 Å². The second kappa shape index (κ2) is 8.65. The predicted molar refractivity (Wildman–Crippen MR) is 111 cm³/mol. The molecule has 2 N–H and O–H groups in total. The molecule has 152 valence electrons. The predicted octanol–water partition coefficient (Wildman–Crippen LogP) is 2.59. The van der Waals surface area contributed by atoms with Crippen molar-refractivity contribution in [2.75, 3.05) is 31.6 Å². The molecular weight excluding hydrogens is 392 g/mol. The number of methoxy groups -OCH3 is 1. The fourth-order valence-electron chi connectivity index (χ4n) is 3.78. The van der Waals surface area contributed by atoms with Gasteiger partial charge in [-0.3, -0.25) is 4.79 Å². The maximum atomic E-state index is 12.8. The van der Waals surface area contributed by atoms with E-state index in [1.165, 1.54) is 0 Å². The van der Waals surface area contributed by atoms with Crippen molar-refractivity contribution in [2.24, 2.45) is 5.92 Å². The number of benzene rings is 1. The van der Waals surface area contributed by atoms with Gasteiger partial charge in [-0.2, -0.15) is 9.97 Å². The van der Waals surface area contributed by atoms with E-state index in [-0.39, 0.29) is 17.1 Å². The van der Waals surface area contributed by atoms with Crippen LogP contribution < -0.4 is 15.0 Å². The highest BCUT2D eigenvalue weighted by Crippen LogP contribution is 2.27. The largest absolute Gasteiger partial charge is 0.496 e. The molecular formula is C20H23ClN6O2. The third kappa shape index (κ3) is 4.27. The number of hydrogen-bond donors (Lipinski definition) is 2. The average molecular weight is 415 g/mol. The molecule has 0 aliphatic carbocycles. The molecule has 0 spiro atoms. The number of H-pyrrole nitrogens is 1. The number of halogens is 1. The number of carbonyl (C=O) groups is 1.